The van der Waals surface area contributed by atoms with Gasteiger partial charge in [0, 0.05) is 6.42 Å². The Balaban J connectivity index is 2.67. The summed E-state index contributed by atoms with van der Waals surface area (Å²) < 4.78 is 5.49. The summed E-state index contributed by atoms with van der Waals surface area (Å²) in [6.07, 6.45) is 3.01. The Kier molecular flexibility index (Phi) is 4.61. The van der Waals surface area contributed by atoms with Gasteiger partial charge in [-0.2, -0.15) is 0 Å². The number of benzene rings is 1. The van der Waals surface area contributed by atoms with Crippen LogP contribution in [0, 0.1) is 0 Å². The summed E-state index contributed by atoms with van der Waals surface area (Å²) in [5.41, 5.74) is 1.08. The lowest BCUT2D eigenvalue weighted by Crippen LogP contribution is -1.99. The Morgan fingerprint density at radius 3 is 2.87 bits per heavy atom. The number of ether oxygens (including phenoxy) is 1. The molecule has 1 aromatic rings. The first-order valence-electron chi connectivity index (χ1n) is 5.05. The average molecular weight is 204 g/mol. The highest BCUT2D eigenvalue weighted by Crippen LogP contribution is 2.19. The zero-order valence-corrected chi connectivity index (χ0v) is 9.03. The molecule has 2 heteroatoms. The van der Waals surface area contributed by atoms with Crippen LogP contribution in [0.3, 0.4) is 0 Å². The average Bonchev–Trinajstić information content (AvgIpc) is 2.24. The van der Waals surface area contributed by atoms with Crippen LogP contribution in [0.2, 0.25) is 0 Å². The van der Waals surface area contributed by atoms with Crippen LogP contribution >= 0.6 is 0 Å². The fourth-order valence-electron chi connectivity index (χ4n) is 1.31. The van der Waals surface area contributed by atoms with Crippen LogP contribution < -0.4 is 4.74 Å². The van der Waals surface area contributed by atoms with Crippen LogP contribution in [0.15, 0.2) is 36.9 Å². The molecule has 0 saturated heterocycles. The lowest BCUT2D eigenvalue weighted by atomic mass is 10.1. The number of Topliss-reactive ketones (excluding diaryl/α,β-unsaturated/α-hetero) is 1. The van der Waals surface area contributed by atoms with Crippen LogP contribution in [0.25, 0.3) is 0 Å². The smallest absolute Gasteiger partial charge is 0.130 e. The predicted molar refractivity (Wildman–Crippen MR) is 61.1 cm³/mol. The Bertz CT molecular complexity index is 342. The molecule has 0 saturated carbocycles. The van der Waals surface area contributed by atoms with E-state index in [0.717, 1.165) is 17.7 Å². The van der Waals surface area contributed by atoms with Crippen molar-refractivity contribution in [3.63, 3.8) is 0 Å². The Labute approximate surface area is 90.6 Å². The second-order valence-corrected chi connectivity index (χ2v) is 3.41. The number of rotatable bonds is 6. The summed E-state index contributed by atoms with van der Waals surface area (Å²) in [6.45, 7) is 5.70. The third-order valence-electron chi connectivity index (χ3n) is 2.08. The van der Waals surface area contributed by atoms with Crippen LogP contribution in [-0.2, 0) is 11.2 Å². The maximum Gasteiger partial charge on any atom is 0.130 e. The van der Waals surface area contributed by atoms with E-state index in [2.05, 4.69) is 6.58 Å². The molecule has 0 fully saturated rings. The van der Waals surface area contributed by atoms with Gasteiger partial charge in [0.25, 0.3) is 0 Å². The molecule has 0 heterocycles. The van der Waals surface area contributed by atoms with Crippen molar-refractivity contribution in [3.8, 4) is 5.75 Å². The molecule has 0 amide bonds. The van der Waals surface area contributed by atoms with Crippen molar-refractivity contribution in [2.75, 3.05) is 6.61 Å². The summed E-state index contributed by atoms with van der Waals surface area (Å²) >= 11 is 0. The van der Waals surface area contributed by atoms with E-state index in [1.165, 1.54) is 0 Å². The quantitative estimate of drug-likeness (QED) is 0.666. The van der Waals surface area contributed by atoms with E-state index in [-0.39, 0.29) is 5.78 Å². The minimum atomic E-state index is 0.202. The molecule has 1 rings (SSSR count). The van der Waals surface area contributed by atoms with E-state index < -0.39 is 0 Å². The summed E-state index contributed by atoms with van der Waals surface area (Å²) in [7, 11) is 0. The zero-order chi connectivity index (χ0) is 11.1. The molecule has 0 aliphatic rings. The van der Waals surface area contributed by atoms with Gasteiger partial charge in [-0.1, -0.05) is 30.9 Å². The molecule has 0 atom stereocenters. The highest BCUT2D eigenvalue weighted by Gasteiger charge is 2.03. The third kappa shape index (κ3) is 3.98. The second kappa shape index (κ2) is 6.02. The fourth-order valence-corrected chi connectivity index (χ4v) is 1.31. The molecule has 1 aromatic carbocycles. The van der Waals surface area contributed by atoms with Crippen molar-refractivity contribution in [2.45, 2.75) is 19.8 Å². The van der Waals surface area contributed by atoms with E-state index in [9.17, 15) is 4.79 Å². The first-order valence-corrected chi connectivity index (χ1v) is 5.05. The number of carbonyl (C=O) groups excluding carboxylic acids is 1. The molecule has 2 nitrogen and oxygen atoms in total. The van der Waals surface area contributed by atoms with Crippen LogP contribution in [0.1, 0.15) is 18.9 Å². The molecule has 0 bridgehead atoms. The maximum atomic E-state index is 10.9. The fraction of sp³-hybridized carbons (Fsp3) is 0.308. The first kappa shape index (κ1) is 11.5. The highest BCUT2D eigenvalue weighted by molar-refractivity contribution is 5.75. The monoisotopic (exact) mass is 204 g/mol. The minimum Gasteiger partial charge on any atom is -0.489 e. The molecular weight excluding hydrogens is 188 g/mol. The normalized spacial score (nSPS) is 9.67. The van der Waals surface area contributed by atoms with E-state index >= 15 is 0 Å². The molecule has 0 aliphatic carbocycles. The highest BCUT2D eigenvalue weighted by atomic mass is 16.5. The van der Waals surface area contributed by atoms with Crippen molar-refractivity contribution in [1.29, 1.82) is 0 Å². The van der Waals surface area contributed by atoms with Crippen LogP contribution in [0.4, 0.5) is 0 Å². The van der Waals surface area contributed by atoms with Crippen molar-refractivity contribution < 1.29 is 9.53 Å². The maximum absolute atomic E-state index is 10.9. The number of ketones is 1. The second-order valence-electron chi connectivity index (χ2n) is 3.41. The van der Waals surface area contributed by atoms with Crippen molar-refractivity contribution in [1.82, 2.24) is 0 Å². The van der Waals surface area contributed by atoms with Crippen molar-refractivity contribution >= 4 is 5.78 Å². The Morgan fingerprint density at radius 1 is 1.47 bits per heavy atom. The minimum absolute atomic E-state index is 0.202. The van der Waals surface area contributed by atoms with Gasteiger partial charge >= 0.3 is 0 Å². The lowest BCUT2D eigenvalue weighted by Gasteiger charge is -2.08. The van der Waals surface area contributed by atoms with Gasteiger partial charge in [-0.3, -0.25) is 0 Å². The van der Waals surface area contributed by atoms with Gasteiger partial charge in [0.2, 0.25) is 0 Å². The van der Waals surface area contributed by atoms with Crippen LogP contribution in [-0.4, -0.2) is 12.4 Å². The molecule has 0 aliphatic heterocycles. The van der Waals surface area contributed by atoms with E-state index in [1.807, 2.05) is 24.3 Å². The predicted octanol–water partition coefficient (Wildman–Crippen LogP) is 2.77. The van der Waals surface area contributed by atoms with E-state index in [4.69, 9.17) is 4.74 Å². The number of para-hydroxylation sites is 1. The molecular formula is C13H16O2. The number of aryl methyl sites for hydroxylation is 1. The van der Waals surface area contributed by atoms with Crippen molar-refractivity contribution in [3.05, 3.63) is 42.5 Å². The topological polar surface area (TPSA) is 26.3 Å². The van der Waals surface area contributed by atoms with E-state index in [1.54, 1.807) is 13.0 Å². The molecule has 0 radical (unpaired) electrons. The van der Waals surface area contributed by atoms with Gasteiger partial charge in [-0.15, -0.1) is 0 Å². The Morgan fingerprint density at radius 2 is 2.20 bits per heavy atom. The number of carbonyl (C=O) groups is 1. The number of hydrogen-bond donors (Lipinski definition) is 0. The Hall–Kier alpha value is -1.57. The van der Waals surface area contributed by atoms with Gasteiger partial charge in [-0.05, 0) is 25.0 Å². The lowest BCUT2D eigenvalue weighted by molar-refractivity contribution is -0.116. The summed E-state index contributed by atoms with van der Waals surface area (Å²) in [4.78, 5) is 10.9. The SMILES string of the molecule is C=CCOc1ccccc1CCC(C)=O. The van der Waals surface area contributed by atoms with Gasteiger partial charge < -0.3 is 9.53 Å². The molecule has 0 aromatic heterocycles. The van der Waals surface area contributed by atoms with Gasteiger partial charge in [-0.25, -0.2) is 0 Å². The molecule has 0 N–H and O–H groups in total. The van der Waals surface area contributed by atoms with Crippen LogP contribution in [0.5, 0.6) is 5.75 Å². The molecule has 0 spiro atoms. The van der Waals surface area contributed by atoms with E-state index in [0.29, 0.717) is 13.0 Å². The summed E-state index contributed by atoms with van der Waals surface area (Å²) in [6, 6.07) is 7.78. The number of hydrogen-bond acceptors (Lipinski definition) is 2. The van der Waals surface area contributed by atoms with Gasteiger partial charge in [0.05, 0.1) is 0 Å². The largest absolute Gasteiger partial charge is 0.489 e. The third-order valence-corrected chi connectivity index (χ3v) is 2.08. The van der Waals surface area contributed by atoms with Crippen molar-refractivity contribution in [2.24, 2.45) is 0 Å². The zero-order valence-electron chi connectivity index (χ0n) is 9.03. The molecule has 0 unspecified atom stereocenters. The molecule has 80 valence electrons. The first-order chi connectivity index (χ1) is 7.24. The summed E-state index contributed by atoms with van der Waals surface area (Å²) in [5, 5.41) is 0. The standard InChI is InChI=1S/C13H16O2/c1-3-10-15-13-7-5-4-6-12(13)9-8-11(2)14/h3-7H,1,8-10H2,2H3. The summed E-state index contributed by atoms with van der Waals surface area (Å²) in [5.74, 6) is 1.05. The van der Waals surface area contributed by atoms with Gasteiger partial charge in [0.15, 0.2) is 0 Å². The van der Waals surface area contributed by atoms with Gasteiger partial charge in [0.1, 0.15) is 18.1 Å². The molecule has 15 heavy (non-hydrogen) atoms.